The number of hydrogen-bond acceptors (Lipinski definition) is 6. The number of hydrogen-bond donors (Lipinski definition) is 0. The minimum Gasteiger partial charge on any atom is -0.468 e. The van der Waals surface area contributed by atoms with Crippen LogP contribution in [0, 0.1) is 0 Å². The number of methoxy groups -OCH3 is 1. The summed E-state index contributed by atoms with van der Waals surface area (Å²) < 4.78 is 4.69. The number of thiophene rings is 1. The average Bonchev–Trinajstić information content (AvgIpc) is 3.06. The third-order valence-electron chi connectivity index (χ3n) is 2.86. The molecule has 21 heavy (non-hydrogen) atoms. The zero-order chi connectivity index (χ0) is 14.7. The van der Waals surface area contributed by atoms with Gasteiger partial charge in [0.2, 0.25) is 0 Å². The topological polar surface area (TPSA) is 52.1 Å². The van der Waals surface area contributed by atoms with E-state index in [1.54, 1.807) is 11.3 Å². The van der Waals surface area contributed by atoms with E-state index in [4.69, 9.17) is 0 Å². The van der Waals surface area contributed by atoms with Gasteiger partial charge in [-0.05, 0) is 17.5 Å². The van der Waals surface area contributed by atoms with Crippen molar-refractivity contribution >= 4 is 40.0 Å². The second kappa shape index (κ2) is 6.24. The summed E-state index contributed by atoms with van der Waals surface area (Å²) in [6.07, 6.45) is 0. The fraction of sp³-hybridized carbons (Fsp3) is 0.133. The van der Waals surface area contributed by atoms with Crippen molar-refractivity contribution < 1.29 is 9.53 Å². The molecule has 106 valence electrons. The highest BCUT2D eigenvalue weighted by Crippen LogP contribution is 2.29. The smallest absolute Gasteiger partial charge is 0.316 e. The molecule has 0 saturated heterocycles. The standard InChI is InChI=1S/C15H12N2O2S2/c1-19-13(18)9-21-15-10-5-2-3-6-11(10)16-14(17-15)12-7-4-8-20-12/h2-8H,9H2,1H3. The van der Waals surface area contributed by atoms with E-state index in [1.165, 1.54) is 18.9 Å². The number of carbonyl (C=O) groups excluding carboxylic acids is 1. The molecule has 0 aliphatic rings. The van der Waals surface area contributed by atoms with Crippen molar-refractivity contribution in [1.29, 1.82) is 0 Å². The summed E-state index contributed by atoms with van der Waals surface area (Å²) in [6, 6.07) is 11.8. The maximum atomic E-state index is 11.4. The number of fused-ring (bicyclic) bond motifs is 1. The van der Waals surface area contributed by atoms with Crippen LogP contribution in [0.1, 0.15) is 0 Å². The molecule has 1 aromatic carbocycles. The number of aromatic nitrogens is 2. The van der Waals surface area contributed by atoms with Gasteiger partial charge in [0.25, 0.3) is 0 Å². The number of nitrogens with zero attached hydrogens (tertiary/aromatic N) is 2. The van der Waals surface area contributed by atoms with Crippen molar-refractivity contribution in [2.24, 2.45) is 0 Å². The predicted octanol–water partition coefficient (Wildman–Crippen LogP) is 3.62. The van der Waals surface area contributed by atoms with E-state index < -0.39 is 0 Å². The molecule has 0 aliphatic heterocycles. The lowest BCUT2D eigenvalue weighted by Crippen LogP contribution is -2.04. The maximum Gasteiger partial charge on any atom is 0.316 e. The largest absolute Gasteiger partial charge is 0.468 e. The second-order valence-corrected chi connectivity index (χ2v) is 6.12. The molecule has 0 amide bonds. The third kappa shape index (κ3) is 3.06. The predicted molar refractivity (Wildman–Crippen MR) is 85.6 cm³/mol. The lowest BCUT2D eigenvalue weighted by atomic mass is 10.2. The summed E-state index contributed by atoms with van der Waals surface area (Å²) in [6.45, 7) is 0. The lowest BCUT2D eigenvalue weighted by molar-refractivity contribution is -0.137. The number of para-hydroxylation sites is 1. The van der Waals surface area contributed by atoms with Crippen LogP contribution in [-0.4, -0.2) is 28.8 Å². The Morgan fingerprint density at radius 3 is 2.86 bits per heavy atom. The molecule has 0 spiro atoms. The highest BCUT2D eigenvalue weighted by atomic mass is 32.2. The van der Waals surface area contributed by atoms with Crippen molar-refractivity contribution in [2.45, 2.75) is 5.03 Å². The summed E-state index contributed by atoms with van der Waals surface area (Å²) in [7, 11) is 1.39. The SMILES string of the molecule is COC(=O)CSc1nc(-c2cccs2)nc2ccccc12. The molecular weight excluding hydrogens is 304 g/mol. The minimum absolute atomic E-state index is 0.237. The molecule has 2 aromatic heterocycles. The van der Waals surface area contributed by atoms with Gasteiger partial charge in [-0.15, -0.1) is 11.3 Å². The molecule has 0 saturated carbocycles. The Hall–Kier alpha value is -1.92. The summed E-state index contributed by atoms with van der Waals surface area (Å²) in [5.74, 6) is 0.665. The van der Waals surface area contributed by atoms with Crippen LogP contribution in [0.3, 0.4) is 0 Å². The molecule has 0 unspecified atom stereocenters. The van der Waals surface area contributed by atoms with E-state index in [0.717, 1.165) is 20.8 Å². The van der Waals surface area contributed by atoms with Crippen molar-refractivity contribution in [2.75, 3.05) is 12.9 Å². The van der Waals surface area contributed by atoms with Gasteiger partial charge >= 0.3 is 5.97 Å². The van der Waals surface area contributed by atoms with Gasteiger partial charge < -0.3 is 4.74 Å². The van der Waals surface area contributed by atoms with Crippen LogP contribution in [0.5, 0.6) is 0 Å². The van der Waals surface area contributed by atoms with Gasteiger partial charge in [0.1, 0.15) is 5.03 Å². The highest BCUT2D eigenvalue weighted by molar-refractivity contribution is 8.00. The average molecular weight is 316 g/mol. The summed E-state index contributed by atoms with van der Waals surface area (Å²) >= 11 is 2.97. The molecule has 3 aromatic rings. The van der Waals surface area contributed by atoms with E-state index in [-0.39, 0.29) is 11.7 Å². The van der Waals surface area contributed by atoms with Crippen LogP contribution in [0.4, 0.5) is 0 Å². The van der Waals surface area contributed by atoms with Crippen LogP contribution in [-0.2, 0) is 9.53 Å². The molecule has 0 fully saturated rings. The fourth-order valence-corrected chi connectivity index (χ4v) is 3.37. The van der Waals surface area contributed by atoms with Gasteiger partial charge in [-0.25, -0.2) is 9.97 Å². The number of benzene rings is 1. The molecule has 3 rings (SSSR count). The zero-order valence-electron chi connectivity index (χ0n) is 11.3. The number of carbonyl (C=O) groups is 1. The normalized spacial score (nSPS) is 10.7. The van der Waals surface area contributed by atoms with Crippen LogP contribution >= 0.6 is 23.1 Å². The first-order chi connectivity index (χ1) is 10.3. The number of esters is 1. The first kappa shape index (κ1) is 14.0. The maximum absolute atomic E-state index is 11.4. The minimum atomic E-state index is -0.264. The molecule has 4 nitrogen and oxygen atoms in total. The van der Waals surface area contributed by atoms with E-state index in [2.05, 4.69) is 14.7 Å². The second-order valence-electron chi connectivity index (χ2n) is 4.21. The van der Waals surface area contributed by atoms with Gasteiger partial charge in [-0.3, -0.25) is 4.79 Å². The zero-order valence-corrected chi connectivity index (χ0v) is 12.9. The molecule has 0 bridgehead atoms. The first-order valence-corrected chi connectivity index (χ1v) is 8.15. The number of ether oxygens (including phenoxy) is 1. The van der Waals surface area contributed by atoms with Crippen molar-refractivity contribution in [3.63, 3.8) is 0 Å². The molecule has 0 N–H and O–H groups in total. The lowest BCUT2D eigenvalue weighted by Gasteiger charge is -2.07. The Kier molecular flexibility index (Phi) is 4.17. The summed E-state index contributed by atoms with van der Waals surface area (Å²) in [4.78, 5) is 21.6. The van der Waals surface area contributed by atoms with Gasteiger partial charge in [-0.2, -0.15) is 0 Å². The Bertz CT molecular complexity index is 772. The van der Waals surface area contributed by atoms with Crippen LogP contribution < -0.4 is 0 Å². The van der Waals surface area contributed by atoms with Gasteiger partial charge in [0.05, 0.1) is 23.3 Å². The third-order valence-corrected chi connectivity index (χ3v) is 4.69. The van der Waals surface area contributed by atoms with Gasteiger partial charge in [0.15, 0.2) is 5.82 Å². The highest BCUT2D eigenvalue weighted by Gasteiger charge is 2.12. The molecule has 0 atom stereocenters. The van der Waals surface area contributed by atoms with E-state index in [9.17, 15) is 4.79 Å². The fourth-order valence-electron chi connectivity index (χ4n) is 1.86. The van der Waals surface area contributed by atoms with Crippen LogP contribution in [0.15, 0.2) is 46.8 Å². The van der Waals surface area contributed by atoms with Crippen LogP contribution in [0.25, 0.3) is 21.6 Å². The molecular formula is C15H12N2O2S2. The Morgan fingerprint density at radius 1 is 1.24 bits per heavy atom. The van der Waals surface area contributed by atoms with Gasteiger partial charge in [-0.1, -0.05) is 36.0 Å². The van der Waals surface area contributed by atoms with E-state index in [1.807, 2.05) is 41.8 Å². The molecule has 0 aliphatic carbocycles. The van der Waals surface area contributed by atoms with Crippen molar-refractivity contribution in [3.8, 4) is 10.7 Å². The Labute approximate surface area is 130 Å². The summed E-state index contributed by atoms with van der Waals surface area (Å²) in [5.41, 5.74) is 0.878. The Balaban J connectivity index is 2.05. The van der Waals surface area contributed by atoms with Gasteiger partial charge in [0, 0.05) is 5.39 Å². The molecule has 6 heteroatoms. The first-order valence-electron chi connectivity index (χ1n) is 6.28. The van der Waals surface area contributed by atoms with Crippen molar-refractivity contribution in [1.82, 2.24) is 9.97 Å². The number of thioether (sulfide) groups is 1. The van der Waals surface area contributed by atoms with E-state index >= 15 is 0 Å². The molecule has 2 heterocycles. The molecule has 0 radical (unpaired) electrons. The van der Waals surface area contributed by atoms with Crippen molar-refractivity contribution in [3.05, 3.63) is 41.8 Å². The number of rotatable bonds is 4. The Morgan fingerprint density at radius 2 is 2.10 bits per heavy atom. The van der Waals surface area contributed by atoms with E-state index in [0.29, 0.717) is 5.82 Å². The van der Waals surface area contributed by atoms with Crippen LogP contribution in [0.2, 0.25) is 0 Å². The summed E-state index contributed by atoms with van der Waals surface area (Å²) in [5, 5.41) is 3.75. The monoisotopic (exact) mass is 316 g/mol. The quantitative estimate of drug-likeness (QED) is 0.418.